The molecule has 6 heteroatoms. The molecule has 0 bridgehead atoms. The molecule has 0 unspecified atom stereocenters. The molecule has 5 nitrogen and oxygen atoms in total. The SMILES string of the molecule is Cc1ccccc1CN(C(=O)COc1ccccc1Cl)[C@H](Cc1ccccc1)C(=O)NC1CCCC1. The number of carbonyl (C=O) groups excluding carboxylic acids is 2. The number of rotatable bonds is 10. The van der Waals surface area contributed by atoms with Gasteiger partial charge in [0.25, 0.3) is 5.91 Å². The summed E-state index contributed by atoms with van der Waals surface area (Å²) >= 11 is 6.24. The molecule has 1 N–H and O–H groups in total. The number of aryl methyl sites for hydroxylation is 1. The fourth-order valence-corrected chi connectivity index (χ4v) is 4.87. The summed E-state index contributed by atoms with van der Waals surface area (Å²) in [6.45, 7) is 2.12. The maximum atomic E-state index is 13.7. The van der Waals surface area contributed by atoms with Crippen molar-refractivity contribution in [3.63, 3.8) is 0 Å². The van der Waals surface area contributed by atoms with Crippen molar-refractivity contribution >= 4 is 23.4 Å². The van der Waals surface area contributed by atoms with Crippen LogP contribution < -0.4 is 10.1 Å². The summed E-state index contributed by atoms with van der Waals surface area (Å²) in [5.74, 6) is 0.0597. The molecule has 1 aliphatic carbocycles. The van der Waals surface area contributed by atoms with E-state index in [9.17, 15) is 9.59 Å². The van der Waals surface area contributed by atoms with Gasteiger partial charge in [-0.2, -0.15) is 0 Å². The van der Waals surface area contributed by atoms with Crippen LogP contribution in [0.2, 0.25) is 5.02 Å². The minimum Gasteiger partial charge on any atom is -0.482 e. The van der Waals surface area contributed by atoms with Gasteiger partial charge in [-0.3, -0.25) is 9.59 Å². The Balaban J connectivity index is 1.63. The van der Waals surface area contributed by atoms with Crippen LogP contribution in [0.5, 0.6) is 5.75 Å². The number of benzene rings is 3. The fraction of sp³-hybridized carbons (Fsp3) is 0.333. The van der Waals surface area contributed by atoms with Gasteiger partial charge in [0.2, 0.25) is 5.91 Å². The van der Waals surface area contributed by atoms with E-state index in [1.54, 1.807) is 17.0 Å². The van der Waals surface area contributed by atoms with Crippen LogP contribution in [0.3, 0.4) is 0 Å². The van der Waals surface area contributed by atoms with Crippen molar-refractivity contribution in [2.24, 2.45) is 0 Å². The zero-order valence-corrected chi connectivity index (χ0v) is 21.4. The summed E-state index contributed by atoms with van der Waals surface area (Å²) in [7, 11) is 0. The van der Waals surface area contributed by atoms with Crippen LogP contribution in [0, 0.1) is 6.92 Å². The highest BCUT2D eigenvalue weighted by Gasteiger charge is 2.32. The standard InChI is InChI=1S/C30H33ClN2O3/c1-22-11-5-6-14-24(22)20-33(29(34)21-36-28-18-10-9-17-26(28)31)27(19-23-12-3-2-4-13-23)30(35)32-25-15-7-8-16-25/h2-6,9-14,17-18,25,27H,7-8,15-16,19-21H2,1H3,(H,32,35)/t27-/m1/s1. The van der Waals surface area contributed by atoms with Gasteiger partial charge < -0.3 is 15.0 Å². The fourth-order valence-electron chi connectivity index (χ4n) is 4.68. The van der Waals surface area contributed by atoms with Gasteiger partial charge in [0.1, 0.15) is 11.8 Å². The first-order valence-electron chi connectivity index (χ1n) is 12.6. The van der Waals surface area contributed by atoms with Crippen LogP contribution in [0.4, 0.5) is 0 Å². The summed E-state index contributed by atoms with van der Waals surface area (Å²) in [5.41, 5.74) is 3.06. The number of ether oxygens (including phenoxy) is 1. The van der Waals surface area contributed by atoms with E-state index in [1.807, 2.05) is 73.7 Å². The van der Waals surface area contributed by atoms with Crippen LogP contribution in [0.15, 0.2) is 78.9 Å². The quantitative estimate of drug-likeness (QED) is 0.384. The molecule has 1 fully saturated rings. The Bertz CT molecular complexity index is 1160. The third kappa shape index (κ3) is 6.88. The van der Waals surface area contributed by atoms with E-state index in [1.165, 1.54) is 0 Å². The van der Waals surface area contributed by atoms with E-state index in [2.05, 4.69) is 5.32 Å². The molecule has 188 valence electrons. The number of nitrogens with zero attached hydrogens (tertiary/aromatic N) is 1. The van der Waals surface area contributed by atoms with Crippen LogP contribution in [0.25, 0.3) is 0 Å². The zero-order valence-electron chi connectivity index (χ0n) is 20.7. The summed E-state index contributed by atoms with van der Waals surface area (Å²) < 4.78 is 5.81. The molecule has 1 atom stereocenters. The first-order chi connectivity index (χ1) is 17.5. The largest absolute Gasteiger partial charge is 0.482 e. The van der Waals surface area contributed by atoms with Gasteiger partial charge in [-0.1, -0.05) is 91.2 Å². The molecule has 0 saturated heterocycles. The van der Waals surface area contributed by atoms with Crippen molar-refractivity contribution in [1.82, 2.24) is 10.2 Å². The summed E-state index contributed by atoms with van der Waals surface area (Å²) in [5, 5.41) is 3.66. The highest BCUT2D eigenvalue weighted by atomic mass is 35.5. The van der Waals surface area contributed by atoms with E-state index >= 15 is 0 Å². The lowest BCUT2D eigenvalue weighted by Gasteiger charge is -2.32. The highest BCUT2D eigenvalue weighted by molar-refractivity contribution is 6.32. The van der Waals surface area contributed by atoms with E-state index in [0.717, 1.165) is 42.4 Å². The Hall–Kier alpha value is -3.31. The van der Waals surface area contributed by atoms with Gasteiger partial charge in [-0.25, -0.2) is 0 Å². The Morgan fingerprint density at radius 1 is 0.972 bits per heavy atom. The van der Waals surface area contributed by atoms with Gasteiger partial charge in [0.05, 0.1) is 5.02 Å². The number of hydrogen-bond acceptors (Lipinski definition) is 3. The first-order valence-corrected chi connectivity index (χ1v) is 12.9. The van der Waals surface area contributed by atoms with Gasteiger partial charge in [-0.15, -0.1) is 0 Å². The second-order valence-electron chi connectivity index (χ2n) is 9.36. The monoisotopic (exact) mass is 504 g/mol. The third-order valence-electron chi connectivity index (χ3n) is 6.76. The predicted molar refractivity (Wildman–Crippen MR) is 143 cm³/mol. The molecule has 0 radical (unpaired) electrons. The van der Waals surface area contributed by atoms with Crippen molar-refractivity contribution in [2.75, 3.05) is 6.61 Å². The number of nitrogens with one attached hydrogen (secondary N) is 1. The molecule has 0 aliphatic heterocycles. The van der Waals surface area contributed by atoms with Crippen molar-refractivity contribution in [2.45, 2.75) is 57.7 Å². The van der Waals surface area contributed by atoms with E-state index in [4.69, 9.17) is 16.3 Å². The molecule has 3 aromatic carbocycles. The van der Waals surface area contributed by atoms with Crippen molar-refractivity contribution in [3.8, 4) is 5.75 Å². The smallest absolute Gasteiger partial charge is 0.261 e. The lowest BCUT2D eigenvalue weighted by atomic mass is 10.0. The molecule has 0 heterocycles. The molecule has 4 rings (SSSR count). The Morgan fingerprint density at radius 3 is 2.36 bits per heavy atom. The van der Waals surface area contributed by atoms with Crippen molar-refractivity contribution in [3.05, 3.63) is 101 Å². The van der Waals surface area contributed by atoms with Gasteiger partial charge in [0.15, 0.2) is 6.61 Å². The van der Waals surface area contributed by atoms with Crippen LogP contribution in [-0.4, -0.2) is 35.4 Å². The van der Waals surface area contributed by atoms with E-state index in [-0.39, 0.29) is 24.5 Å². The van der Waals surface area contributed by atoms with E-state index < -0.39 is 6.04 Å². The second kappa shape index (κ2) is 12.6. The van der Waals surface area contributed by atoms with Crippen LogP contribution in [-0.2, 0) is 22.6 Å². The van der Waals surface area contributed by atoms with Crippen molar-refractivity contribution < 1.29 is 14.3 Å². The van der Waals surface area contributed by atoms with E-state index in [0.29, 0.717) is 23.7 Å². The molecule has 36 heavy (non-hydrogen) atoms. The van der Waals surface area contributed by atoms with Gasteiger partial charge in [-0.05, 0) is 48.6 Å². The molecule has 0 aromatic heterocycles. The topological polar surface area (TPSA) is 58.6 Å². The lowest BCUT2D eigenvalue weighted by Crippen LogP contribution is -2.53. The number of carbonyl (C=O) groups is 2. The minimum absolute atomic E-state index is 0.120. The van der Waals surface area contributed by atoms with Gasteiger partial charge in [0, 0.05) is 19.0 Å². The maximum absolute atomic E-state index is 13.7. The molecule has 1 aliphatic rings. The minimum atomic E-state index is -0.671. The Kier molecular flexibility index (Phi) is 9.01. The predicted octanol–water partition coefficient (Wildman–Crippen LogP) is 5.73. The average Bonchev–Trinajstić information content (AvgIpc) is 3.40. The third-order valence-corrected chi connectivity index (χ3v) is 7.07. The molecular weight excluding hydrogens is 472 g/mol. The Morgan fingerprint density at radius 2 is 1.64 bits per heavy atom. The maximum Gasteiger partial charge on any atom is 0.261 e. The van der Waals surface area contributed by atoms with Crippen LogP contribution >= 0.6 is 11.6 Å². The van der Waals surface area contributed by atoms with Crippen molar-refractivity contribution in [1.29, 1.82) is 0 Å². The number of hydrogen-bond donors (Lipinski definition) is 1. The molecule has 2 amide bonds. The summed E-state index contributed by atoms with van der Waals surface area (Å²) in [6.07, 6.45) is 4.61. The average molecular weight is 505 g/mol. The number of amides is 2. The molecule has 3 aromatic rings. The second-order valence-corrected chi connectivity index (χ2v) is 9.77. The number of halogens is 1. The summed E-state index contributed by atoms with van der Waals surface area (Å²) in [6, 6.07) is 24.3. The number of para-hydroxylation sites is 1. The molecule has 0 spiro atoms. The lowest BCUT2D eigenvalue weighted by molar-refractivity contribution is -0.143. The van der Waals surface area contributed by atoms with Crippen LogP contribution in [0.1, 0.15) is 42.4 Å². The molecular formula is C30H33ClN2O3. The summed E-state index contributed by atoms with van der Waals surface area (Å²) in [4.78, 5) is 29.0. The zero-order chi connectivity index (χ0) is 25.3. The normalized spacial score (nSPS) is 14.3. The molecule has 1 saturated carbocycles. The Labute approximate surface area is 218 Å². The first kappa shape index (κ1) is 25.8. The highest BCUT2D eigenvalue weighted by Crippen LogP contribution is 2.24. The van der Waals surface area contributed by atoms with Gasteiger partial charge >= 0.3 is 0 Å².